The highest BCUT2D eigenvalue weighted by Crippen LogP contribution is 1.92. The van der Waals surface area contributed by atoms with E-state index in [9.17, 15) is 0 Å². The average Bonchev–Trinajstić information content (AvgIpc) is 1.69. The van der Waals surface area contributed by atoms with Gasteiger partial charge in [0.1, 0.15) is 0 Å². The summed E-state index contributed by atoms with van der Waals surface area (Å²) in [7, 11) is 0. The van der Waals surface area contributed by atoms with Crippen molar-refractivity contribution in [3.63, 3.8) is 0 Å². The predicted molar refractivity (Wildman–Crippen MR) is 74.7 cm³/mol. The van der Waals surface area contributed by atoms with Gasteiger partial charge in [-0.1, -0.05) is 35.9 Å². The lowest BCUT2D eigenvalue weighted by Crippen LogP contribution is -1.62. The van der Waals surface area contributed by atoms with Crippen LogP contribution in [0.1, 0.15) is 5.56 Å². The van der Waals surface area contributed by atoms with Gasteiger partial charge in [0.05, 0.1) is 0 Å². The molecule has 0 aliphatic carbocycles. The highest BCUT2D eigenvalue weighted by atomic mass is 35.5. The molecule has 1 aromatic carbocycles. The van der Waals surface area contributed by atoms with E-state index in [-0.39, 0.29) is 74.4 Å². The molecule has 13 heavy (non-hydrogen) atoms. The maximum absolute atomic E-state index is 2.08. The molecule has 84 valence electrons. The molecule has 0 bridgehead atoms. The summed E-state index contributed by atoms with van der Waals surface area (Å²) in [4.78, 5) is 0. The maximum Gasteiger partial charge on any atom is -0.0398 e. The first kappa shape index (κ1) is 37.0. The molecule has 0 unspecified atom stereocenters. The van der Waals surface area contributed by atoms with Gasteiger partial charge >= 0.3 is 0 Å². The fourth-order valence-electron chi connectivity index (χ4n) is 0.534. The molecular weight excluding hydrogens is 297 g/mol. The van der Waals surface area contributed by atoms with Gasteiger partial charge in [0.25, 0.3) is 0 Å². The monoisotopic (exact) mass is 308 g/mol. The molecule has 0 radical (unpaired) electrons. The van der Waals surface area contributed by atoms with Gasteiger partial charge in [0.2, 0.25) is 0 Å². The lowest BCUT2D eigenvalue weighted by atomic mass is 10.2. The molecule has 1 rings (SSSR count). The van der Waals surface area contributed by atoms with Crippen LogP contribution in [-0.2, 0) is 0 Å². The molecule has 0 atom stereocenters. The SMILES string of the molecule is Cc1ccccc1.Cl.Cl.Cl.Cl.Cl.Cl. The van der Waals surface area contributed by atoms with Gasteiger partial charge in [-0.3, -0.25) is 0 Å². The van der Waals surface area contributed by atoms with Crippen molar-refractivity contribution in [2.24, 2.45) is 0 Å². The van der Waals surface area contributed by atoms with Crippen molar-refractivity contribution in [3.8, 4) is 0 Å². The summed E-state index contributed by atoms with van der Waals surface area (Å²) in [5.74, 6) is 0. The Morgan fingerprint density at radius 1 is 0.615 bits per heavy atom. The van der Waals surface area contributed by atoms with Gasteiger partial charge in [-0.15, -0.1) is 74.4 Å². The number of benzene rings is 1. The van der Waals surface area contributed by atoms with Crippen molar-refractivity contribution in [2.45, 2.75) is 6.92 Å². The Kier molecular flexibility index (Phi) is 65.7. The van der Waals surface area contributed by atoms with Crippen molar-refractivity contribution in [1.29, 1.82) is 0 Å². The molecule has 0 amide bonds. The van der Waals surface area contributed by atoms with Crippen molar-refractivity contribution < 1.29 is 0 Å². The molecule has 0 aromatic heterocycles. The fraction of sp³-hybridized carbons (Fsp3) is 0.143. The molecule has 0 aliphatic rings. The quantitative estimate of drug-likeness (QED) is 0.660. The molecule has 0 fully saturated rings. The summed E-state index contributed by atoms with van der Waals surface area (Å²) in [5, 5.41) is 0. The van der Waals surface area contributed by atoms with E-state index < -0.39 is 0 Å². The van der Waals surface area contributed by atoms with E-state index in [0.717, 1.165) is 0 Å². The Balaban J connectivity index is -0.0000000204. The van der Waals surface area contributed by atoms with Crippen LogP contribution in [0.15, 0.2) is 30.3 Å². The Morgan fingerprint density at radius 3 is 1.08 bits per heavy atom. The number of hydrogen-bond donors (Lipinski definition) is 0. The van der Waals surface area contributed by atoms with Crippen LogP contribution < -0.4 is 0 Å². The van der Waals surface area contributed by atoms with E-state index in [2.05, 4.69) is 19.1 Å². The molecule has 0 saturated carbocycles. The zero-order valence-corrected chi connectivity index (χ0v) is 11.7. The van der Waals surface area contributed by atoms with Gasteiger partial charge < -0.3 is 0 Å². The Hall–Kier alpha value is 0.960. The third kappa shape index (κ3) is 19.4. The zero-order chi connectivity index (χ0) is 5.11. The van der Waals surface area contributed by atoms with Crippen LogP contribution in [0.3, 0.4) is 0 Å². The van der Waals surface area contributed by atoms with Gasteiger partial charge in [-0.05, 0) is 6.92 Å². The lowest BCUT2D eigenvalue weighted by Gasteiger charge is -1.82. The van der Waals surface area contributed by atoms with E-state index in [1.807, 2.05) is 18.2 Å². The molecule has 6 heteroatoms. The lowest BCUT2D eigenvalue weighted by molar-refractivity contribution is 1.48. The molecule has 1 aromatic rings. The summed E-state index contributed by atoms with van der Waals surface area (Å²) in [5.41, 5.74) is 1.32. The van der Waals surface area contributed by atoms with Crippen LogP contribution in [0.5, 0.6) is 0 Å². The molecule has 0 saturated heterocycles. The van der Waals surface area contributed by atoms with E-state index >= 15 is 0 Å². The third-order valence-electron chi connectivity index (χ3n) is 0.940. The van der Waals surface area contributed by atoms with Crippen LogP contribution in [0.25, 0.3) is 0 Å². The molecule has 0 N–H and O–H groups in total. The topological polar surface area (TPSA) is 0 Å². The molecular formula is C7H14Cl6. The van der Waals surface area contributed by atoms with Gasteiger partial charge in [-0.2, -0.15) is 0 Å². The van der Waals surface area contributed by atoms with E-state index in [1.165, 1.54) is 5.56 Å². The predicted octanol–water partition coefficient (Wildman–Crippen LogP) is 4.53. The molecule has 0 aliphatic heterocycles. The second-order valence-electron chi connectivity index (χ2n) is 1.65. The molecule has 0 spiro atoms. The first-order valence-electron chi connectivity index (χ1n) is 2.41. The third-order valence-corrected chi connectivity index (χ3v) is 0.940. The van der Waals surface area contributed by atoms with Gasteiger partial charge in [0, 0.05) is 0 Å². The number of hydrogen-bond acceptors (Lipinski definition) is 0. The minimum atomic E-state index is 0. The van der Waals surface area contributed by atoms with Crippen LogP contribution in [0.2, 0.25) is 0 Å². The average molecular weight is 311 g/mol. The number of rotatable bonds is 0. The first-order valence-corrected chi connectivity index (χ1v) is 2.41. The van der Waals surface area contributed by atoms with Crippen molar-refractivity contribution in [3.05, 3.63) is 35.9 Å². The van der Waals surface area contributed by atoms with E-state index in [1.54, 1.807) is 0 Å². The second kappa shape index (κ2) is 23.1. The minimum absolute atomic E-state index is 0. The van der Waals surface area contributed by atoms with Crippen LogP contribution in [0, 0.1) is 6.92 Å². The highest BCUT2D eigenvalue weighted by Gasteiger charge is 1.72. The standard InChI is InChI=1S/C7H8.6ClH/c1-7-5-3-2-4-6-7;;;;;;/h2-6H,1H3;6*1H. The van der Waals surface area contributed by atoms with Crippen molar-refractivity contribution in [2.75, 3.05) is 0 Å². The van der Waals surface area contributed by atoms with Gasteiger partial charge in [-0.25, -0.2) is 0 Å². The summed E-state index contributed by atoms with van der Waals surface area (Å²) in [6, 6.07) is 10.3. The smallest absolute Gasteiger partial charge is 0.0398 e. The summed E-state index contributed by atoms with van der Waals surface area (Å²) < 4.78 is 0. The Bertz CT molecular complexity index is 143. The first-order chi connectivity index (χ1) is 3.39. The van der Waals surface area contributed by atoms with E-state index in [0.29, 0.717) is 0 Å². The normalized spacial score (nSPS) is 4.69. The van der Waals surface area contributed by atoms with Crippen LogP contribution >= 0.6 is 74.4 Å². The van der Waals surface area contributed by atoms with E-state index in [4.69, 9.17) is 0 Å². The second-order valence-corrected chi connectivity index (χ2v) is 1.65. The number of aryl methyl sites for hydroxylation is 1. The molecule has 0 heterocycles. The largest absolute Gasteiger partial charge is 0.147 e. The molecule has 0 nitrogen and oxygen atoms in total. The maximum atomic E-state index is 2.08. The Labute approximate surface area is 117 Å². The van der Waals surface area contributed by atoms with Crippen molar-refractivity contribution >= 4 is 74.4 Å². The summed E-state index contributed by atoms with van der Waals surface area (Å²) in [6.45, 7) is 2.08. The summed E-state index contributed by atoms with van der Waals surface area (Å²) >= 11 is 0. The van der Waals surface area contributed by atoms with Crippen LogP contribution in [0.4, 0.5) is 0 Å². The minimum Gasteiger partial charge on any atom is -0.147 e. The highest BCUT2D eigenvalue weighted by molar-refractivity contribution is 5.86. The fourth-order valence-corrected chi connectivity index (χ4v) is 0.534. The zero-order valence-electron chi connectivity index (χ0n) is 6.84. The van der Waals surface area contributed by atoms with Gasteiger partial charge in [0.15, 0.2) is 0 Å². The summed E-state index contributed by atoms with van der Waals surface area (Å²) in [6.07, 6.45) is 0. The van der Waals surface area contributed by atoms with Crippen LogP contribution in [-0.4, -0.2) is 0 Å². The van der Waals surface area contributed by atoms with Crippen molar-refractivity contribution in [1.82, 2.24) is 0 Å². The Morgan fingerprint density at radius 2 is 0.923 bits per heavy atom. The number of halogens is 6.